The number of allylic oxidation sites excluding steroid dienone is 1. The average Bonchev–Trinajstić information content (AvgIpc) is 3.34. The van der Waals surface area contributed by atoms with Crippen LogP contribution in [0.1, 0.15) is 24.6 Å². The molecule has 1 unspecified atom stereocenters. The van der Waals surface area contributed by atoms with Crippen molar-refractivity contribution in [2.24, 2.45) is 10.7 Å². The number of aromatic nitrogens is 2. The SMILES string of the molecule is CCOc1ccc2[nH]cc(CCC3(N)N=CC=C(Nc4ccc5cc(C)[nH]c5c4)N3)c2c1. The van der Waals surface area contributed by atoms with E-state index in [0.717, 1.165) is 45.8 Å². The second-order valence-electron chi connectivity index (χ2n) is 8.24. The number of hydrogen-bond donors (Lipinski definition) is 5. The van der Waals surface area contributed by atoms with Gasteiger partial charge in [0.05, 0.1) is 6.61 Å². The Hall–Kier alpha value is -3.71. The highest BCUT2D eigenvalue weighted by atomic mass is 16.5. The molecule has 7 heteroatoms. The number of hydrogen-bond acceptors (Lipinski definition) is 5. The quantitative estimate of drug-likeness (QED) is 0.298. The number of aliphatic imine (C=N–C) groups is 1. The van der Waals surface area contributed by atoms with Gasteiger partial charge in [-0.05, 0) is 73.7 Å². The normalized spacial score (nSPS) is 18.0. The van der Waals surface area contributed by atoms with Gasteiger partial charge in [0.25, 0.3) is 0 Å². The number of H-pyrrole nitrogens is 2. The number of nitrogens with one attached hydrogen (secondary N) is 4. The monoisotopic (exact) mass is 428 g/mol. The average molecular weight is 429 g/mol. The van der Waals surface area contributed by atoms with E-state index in [0.29, 0.717) is 13.0 Å². The molecule has 2 aromatic carbocycles. The molecule has 0 radical (unpaired) electrons. The van der Waals surface area contributed by atoms with E-state index in [1.165, 1.54) is 10.9 Å². The minimum atomic E-state index is -0.884. The molecular formula is C25H28N6O. The highest BCUT2D eigenvalue weighted by Gasteiger charge is 2.26. The fourth-order valence-corrected chi connectivity index (χ4v) is 4.20. The summed E-state index contributed by atoms with van der Waals surface area (Å²) in [7, 11) is 0. The maximum absolute atomic E-state index is 6.60. The van der Waals surface area contributed by atoms with Gasteiger partial charge >= 0.3 is 0 Å². The van der Waals surface area contributed by atoms with Crippen molar-refractivity contribution < 1.29 is 4.74 Å². The van der Waals surface area contributed by atoms with Crippen LogP contribution in [0.15, 0.2) is 65.6 Å². The first-order valence-corrected chi connectivity index (χ1v) is 10.9. The molecule has 32 heavy (non-hydrogen) atoms. The van der Waals surface area contributed by atoms with Crippen LogP contribution < -0.4 is 21.1 Å². The molecule has 0 fully saturated rings. The first-order chi connectivity index (χ1) is 15.5. The summed E-state index contributed by atoms with van der Waals surface area (Å²) in [4.78, 5) is 11.2. The van der Waals surface area contributed by atoms with E-state index < -0.39 is 5.79 Å². The van der Waals surface area contributed by atoms with Gasteiger partial charge in [0.15, 0.2) is 5.79 Å². The third-order valence-electron chi connectivity index (χ3n) is 5.76. The van der Waals surface area contributed by atoms with Crippen LogP contribution >= 0.6 is 0 Å². The van der Waals surface area contributed by atoms with Gasteiger partial charge < -0.3 is 25.3 Å². The van der Waals surface area contributed by atoms with E-state index >= 15 is 0 Å². The third-order valence-corrected chi connectivity index (χ3v) is 5.76. The van der Waals surface area contributed by atoms with Crippen molar-refractivity contribution in [3.8, 4) is 5.75 Å². The molecule has 0 amide bonds. The second-order valence-corrected chi connectivity index (χ2v) is 8.24. The largest absolute Gasteiger partial charge is 0.494 e. The fraction of sp³-hybridized carbons (Fsp3) is 0.240. The molecule has 0 saturated carbocycles. The molecule has 3 heterocycles. The zero-order chi connectivity index (χ0) is 22.1. The summed E-state index contributed by atoms with van der Waals surface area (Å²) in [6.07, 6.45) is 7.12. The standard InChI is InChI=1S/C25H28N6O/c1-3-32-20-6-7-22-21(14-20)18(15-27-22)8-10-25(26)28-11-9-24(31-25)30-19-5-4-17-12-16(2)29-23(17)13-19/h4-7,9,11-15,27,29-31H,3,8,10,26H2,1-2H3. The van der Waals surface area contributed by atoms with Gasteiger partial charge in [-0.15, -0.1) is 0 Å². The Bertz CT molecular complexity index is 1330. The summed E-state index contributed by atoms with van der Waals surface area (Å²) in [5, 5.41) is 9.13. The molecule has 1 aliphatic rings. The Morgan fingerprint density at radius 2 is 2.03 bits per heavy atom. The Morgan fingerprint density at radius 3 is 2.91 bits per heavy atom. The number of fused-ring (bicyclic) bond motifs is 2. The predicted molar refractivity (Wildman–Crippen MR) is 131 cm³/mol. The first kappa shape index (κ1) is 20.2. The van der Waals surface area contributed by atoms with Crippen LogP contribution in [0.25, 0.3) is 21.8 Å². The van der Waals surface area contributed by atoms with Crippen LogP contribution in [0.5, 0.6) is 5.75 Å². The minimum Gasteiger partial charge on any atom is -0.494 e. The summed E-state index contributed by atoms with van der Waals surface area (Å²) < 4.78 is 5.66. The highest BCUT2D eigenvalue weighted by molar-refractivity contribution is 5.85. The van der Waals surface area contributed by atoms with Crippen LogP contribution in [0.3, 0.4) is 0 Å². The van der Waals surface area contributed by atoms with Crippen molar-refractivity contribution >= 4 is 33.7 Å². The molecule has 0 saturated heterocycles. The van der Waals surface area contributed by atoms with Gasteiger partial charge in [-0.2, -0.15) is 0 Å². The number of aromatic amines is 2. The van der Waals surface area contributed by atoms with Crippen LogP contribution in [0.2, 0.25) is 0 Å². The summed E-state index contributed by atoms with van der Waals surface area (Å²) in [5.41, 5.74) is 12.1. The zero-order valence-electron chi connectivity index (χ0n) is 18.3. The van der Waals surface area contributed by atoms with E-state index in [9.17, 15) is 0 Å². The molecule has 0 bridgehead atoms. The lowest BCUT2D eigenvalue weighted by atomic mass is 10.0. The molecule has 5 rings (SSSR count). The summed E-state index contributed by atoms with van der Waals surface area (Å²) in [6, 6.07) is 14.5. The van der Waals surface area contributed by atoms with Crippen molar-refractivity contribution in [1.82, 2.24) is 15.3 Å². The van der Waals surface area contributed by atoms with Gasteiger partial charge in [-0.1, -0.05) is 6.07 Å². The second kappa shape index (κ2) is 8.09. The number of benzene rings is 2. The first-order valence-electron chi connectivity index (χ1n) is 10.9. The summed E-state index contributed by atoms with van der Waals surface area (Å²) in [6.45, 7) is 4.70. The summed E-state index contributed by atoms with van der Waals surface area (Å²) >= 11 is 0. The Morgan fingerprint density at radius 1 is 1.12 bits per heavy atom. The molecule has 0 aliphatic carbocycles. The molecule has 1 atom stereocenters. The van der Waals surface area contributed by atoms with Crippen LogP contribution in [0, 0.1) is 6.92 Å². The molecule has 164 valence electrons. The number of ether oxygens (including phenoxy) is 1. The Balaban J connectivity index is 1.27. The lowest BCUT2D eigenvalue weighted by Crippen LogP contribution is -2.54. The Labute approximate surface area is 186 Å². The third kappa shape index (κ3) is 4.07. The van der Waals surface area contributed by atoms with E-state index in [1.54, 1.807) is 6.21 Å². The van der Waals surface area contributed by atoms with Crippen molar-refractivity contribution in [3.05, 3.63) is 71.8 Å². The lowest BCUT2D eigenvalue weighted by Gasteiger charge is -2.31. The topological polar surface area (TPSA) is 103 Å². The number of nitrogens with zero attached hydrogens (tertiary/aromatic N) is 1. The molecule has 1 aliphatic heterocycles. The van der Waals surface area contributed by atoms with Gasteiger partial charge in [-0.25, -0.2) is 0 Å². The number of aryl methyl sites for hydroxylation is 2. The molecule has 6 N–H and O–H groups in total. The van der Waals surface area contributed by atoms with Crippen molar-refractivity contribution in [2.75, 3.05) is 11.9 Å². The van der Waals surface area contributed by atoms with Gasteiger partial charge in [0.1, 0.15) is 11.6 Å². The fourth-order valence-electron chi connectivity index (χ4n) is 4.20. The van der Waals surface area contributed by atoms with E-state index in [-0.39, 0.29) is 0 Å². The van der Waals surface area contributed by atoms with Crippen LogP contribution in [-0.4, -0.2) is 28.6 Å². The molecule has 7 nitrogen and oxygen atoms in total. The van der Waals surface area contributed by atoms with Crippen LogP contribution in [-0.2, 0) is 6.42 Å². The molecule has 2 aromatic heterocycles. The van der Waals surface area contributed by atoms with Gasteiger partial charge in [-0.3, -0.25) is 10.7 Å². The zero-order valence-corrected chi connectivity index (χ0v) is 18.3. The molecule has 0 spiro atoms. The molecule has 4 aromatic rings. The van der Waals surface area contributed by atoms with E-state index in [2.05, 4.69) is 62.8 Å². The van der Waals surface area contributed by atoms with Crippen molar-refractivity contribution in [2.45, 2.75) is 32.5 Å². The van der Waals surface area contributed by atoms with Gasteiger partial charge in [0.2, 0.25) is 0 Å². The lowest BCUT2D eigenvalue weighted by molar-refractivity contribution is 0.340. The Kier molecular flexibility index (Phi) is 5.11. The maximum atomic E-state index is 6.60. The minimum absolute atomic E-state index is 0.642. The maximum Gasteiger partial charge on any atom is 0.183 e. The number of anilines is 1. The highest BCUT2D eigenvalue weighted by Crippen LogP contribution is 2.27. The number of rotatable bonds is 7. The van der Waals surface area contributed by atoms with Gasteiger partial charge in [0, 0.05) is 46.6 Å². The number of nitrogens with two attached hydrogens (primary N) is 1. The van der Waals surface area contributed by atoms with Crippen molar-refractivity contribution in [1.29, 1.82) is 0 Å². The summed E-state index contributed by atoms with van der Waals surface area (Å²) in [5.74, 6) is 0.814. The molecular weight excluding hydrogens is 400 g/mol. The smallest absolute Gasteiger partial charge is 0.183 e. The van der Waals surface area contributed by atoms with Crippen molar-refractivity contribution in [3.63, 3.8) is 0 Å². The van der Waals surface area contributed by atoms with E-state index in [4.69, 9.17) is 10.5 Å². The van der Waals surface area contributed by atoms with Crippen LogP contribution in [0.4, 0.5) is 5.69 Å². The van der Waals surface area contributed by atoms with E-state index in [1.807, 2.05) is 31.3 Å². The predicted octanol–water partition coefficient (Wildman–Crippen LogP) is 4.53.